The van der Waals surface area contributed by atoms with Crippen LogP contribution in [0.25, 0.3) is 0 Å². The minimum Gasteiger partial charge on any atom is -0.510 e. The number of amides is 3. The first kappa shape index (κ1) is 30.5. The van der Waals surface area contributed by atoms with Gasteiger partial charge in [-0.1, -0.05) is 0 Å². The fourth-order valence-corrected chi connectivity index (χ4v) is 6.38. The quantitative estimate of drug-likeness (QED) is 0.153. The molecule has 0 unspecified atom stereocenters. The van der Waals surface area contributed by atoms with Gasteiger partial charge in [0.2, 0.25) is 11.7 Å². The largest absolute Gasteiger partial charge is 0.510 e. The molecule has 226 valence electrons. The number of hydrogen-bond donors (Lipinski definition) is 7. The van der Waals surface area contributed by atoms with Crippen molar-refractivity contribution < 1.29 is 44.4 Å². The number of fused-ring (bicyclic) bond motifs is 3. The summed E-state index contributed by atoms with van der Waals surface area (Å²) in [5.74, 6) is -8.72. The van der Waals surface area contributed by atoms with Gasteiger partial charge in [0, 0.05) is 51.3 Å². The van der Waals surface area contributed by atoms with Gasteiger partial charge in [0.25, 0.3) is 11.8 Å². The SMILES string of the molecule is CC(=O)NCCNC(=O)c1cc(N(C)C)c2c(c1O)C(=O)C1=C(O)[C@]3(O)C(=O)C(C(N)=O)=C(O)[C@@H](N(C)C)[C@@H]3C[C@@H]1C2. The van der Waals surface area contributed by atoms with Crippen molar-refractivity contribution in [3.63, 3.8) is 0 Å². The third kappa shape index (κ3) is 4.56. The van der Waals surface area contributed by atoms with E-state index in [0.717, 1.165) is 0 Å². The molecule has 0 heterocycles. The number of rotatable bonds is 7. The molecule has 3 amide bonds. The molecular weight excluding hydrogens is 550 g/mol. The maximum Gasteiger partial charge on any atom is 0.255 e. The number of nitrogens with one attached hydrogen (secondary N) is 2. The number of carbonyl (C=O) groups excluding carboxylic acids is 5. The molecule has 1 aromatic carbocycles. The number of phenolic OH excluding ortho intramolecular Hbond substituents is 1. The van der Waals surface area contributed by atoms with E-state index in [1.54, 1.807) is 33.1 Å². The average Bonchev–Trinajstić information content (AvgIpc) is 2.88. The molecule has 0 fully saturated rings. The smallest absolute Gasteiger partial charge is 0.255 e. The zero-order chi connectivity index (χ0) is 31.4. The number of aromatic hydroxyl groups is 1. The van der Waals surface area contributed by atoms with E-state index in [0.29, 0.717) is 11.3 Å². The van der Waals surface area contributed by atoms with E-state index in [2.05, 4.69) is 10.6 Å². The maximum atomic E-state index is 14.0. The first-order valence-electron chi connectivity index (χ1n) is 13.3. The first-order chi connectivity index (χ1) is 19.5. The molecular formula is C28H35N5O9. The summed E-state index contributed by atoms with van der Waals surface area (Å²) < 4.78 is 0. The lowest BCUT2D eigenvalue weighted by atomic mass is 9.58. The van der Waals surface area contributed by atoms with E-state index in [1.807, 2.05) is 0 Å². The van der Waals surface area contributed by atoms with Gasteiger partial charge >= 0.3 is 0 Å². The Hall–Kier alpha value is -4.43. The molecule has 0 spiro atoms. The van der Waals surface area contributed by atoms with Crippen molar-refractivity contribution in [3.8, 4) is 5.75 Å². The third-order valence-corrected chi connectivity index (χ3v) is 8.21. The molecule has 14 heteroatoms. The van der Waals surface area contributed by atoms with E-state index < -0.39 is 69.7 Å². The van der Waals surface area contributed by atoms with Gasteiger partial charge in [0.05, 0.1) is 17.2 Å². The van der Waals surface area contributed by atoms with Gasteiger partial charge in [-0.25, -0.2) is 0 Å². The molecule has 3 aliphatic rings. The number of aliphatic hydroxyl groups excluding tert-OH is 2. The van der Waals surface area contributed by atoms with Crippen LogP contribution in [0.15, 0.2) is 28.7 Å². The van der Waals surface area contributed by atoms with Crippen molar-refractivity contribution in [2.24, 2.45) is 17.6 Å². The van der Waals surface area contributed by atoms with E-state index in [1.165, 1.54) is 17.9 Å². The molecule has 0 saturated heterocycles. The number of ketones is 2. The van der Waals surface area contributed by atoms with Crippen molar-refractivity contribution in [1.82, 2.24) is 15.5 Å². The normalized spacial score (nSPS) is 25.1. The highest BCUT2D eigenvalue weighted by Crippen LogP contribution is 2.53. The van der Waals surface area contributed by atoms with Gasteiger partial charge in [0.1, 0.15) is 22.8 Å². The maximum absolute atomic E-state index is 14.0. The highest BCUT2D eigenvalue weighted by molar-refractivity contribution is 6.25. The second-order valence-corrected chi connectivity index (χ2v) is 11.2. The van der Waals surface area contributed by atoms with Gasteiger partial charge in [-0.05, 0) is 44.5 Å². The molecule has 0 saturated carbocycles. The van der Waals surface area contributed by atoms with Crippen LogP contribution in [0.5, 0.6) is 5.75 Å². The Morgan fingerprint density at radius 1 is 1.07 bits per heavy atom. The van der Waals surface area contributed by atoms with Crippen molar-refractivity contribution in [2.45, 2.75) is 31.4 Å². The topological polar surface area (TPSA) is 223 Å². The summed E-state index contributed by atoms with van der Waals surface area (Å²) >= 11 is 0. The highest BCUT2D eigenvalue weighted by Gasteiger charge is 2.63. The van der Waals surface area contributed by atoms with Crippen molar-refractivity contribution in [1.29, 1.82) is 0 Å². The molecule has 4 rings (SSSR count). The van der Waals surface area contributed by atoms with E-state index in [-0.39, 0.29) is 48.5 Å². The number of Topliss-reactive ketones (excluding diaryl/α,β-unsaturated/α-hetero) is 2. The highest BCUT2D eigenvalue weighted by atomic mass is 16.3. The molecule has 0 aromatic heterocycles. The van der Waals surface area contributed by atoms with Crippen LogP contribution in [0.1, 0.15) is 39.6 Å². The second kappa shape index (κ2) is 10.8. The van der Waals surface area contributed by atoms with Crippen LogP contribution < -0.4 is 21.3 Å². The molecule has 0 bridgehead atoms. The van der Waals surface area contributed by atoms with Crippen LogP contribution in [-0.4, -0.2) is 108 Å². The summed E-state index contributed by atoms with van der Waals surface area (Å²) in [6, 6.07) is 0.337. The van der Waals surface area contributed by atoms with Crippen LogP contribution in [0.2, 0.25) is 0 Å². The predicted octanol–water partition coefficient (Wildman–Crippen LogP) is -0.947. The summed E-state index contributed by atoms with van der Waals surface area (Å²) in [7, 11) is 6.48. The number of anilines is 1. The number of benzene rings is 1. The van der Waals surface area contributed by atoms with Crippen LogP contribution in [0.3, 0.4) is 0 Å². The number of allylic oxidation sites excluding steroid dienone is 1. The molecule has 0 radical (unpaired) electrons. The lowest BCUT2D eigenvalue weighted by molar-refractivity contribution is -0.148. The summed E-state index contributed by atoms with van der Waals surface area (Å²) in [5.41, 5.74) is 1.73. The predicted molar refractivity (Wildman–Crippen MR) is 149 cm³/mol. The Bertz CT molecular complexity index is 1480. The number of hydrogen-bond acceptors (Lipinski definition) is 11. The number of carbonyl (C=O) groups is 5. The van der Waals surface area contributed by atoms with Gasteiger partial charge < -0.3 is 41.7 Å². The van der Waals surface area contributed by atoms with Gasteiger partial charge in [-0.3, -0.25) is 28.9 Å². The average molecular weight is 586 g/mol. The lowest BCUT2D eigenvalue weighted by Gasteiger charge is -2.50. The summed E-state index contributed by atoms with van der Waals surface area (Å²) in [4.78, 5) is 66.8. The Morgan fingerprint density at radius 3 is 2.24 bits per heavy atom. The van der Waals surface area contributed by atoms with E-state index in [4.69, 9.17) is 5.73 Å². The molecule has 4 atom stereocenters. The first-order valence-corrected chi connectivity index (χ1v) is 13.3. The molecule has 42 heavy (non-hydrogen) atoms. The van der Waals surface area contributed by atoms with Crippen molar-refractivity contribution >= 4 is 35.0 Å². The van der Waals surface area contributed by atoms with Gasteiger partial charge in [-0.2, -0.15) is 0 Å². The van der Waals surface area contributed by atoms with E-state index >= 15 is 0 Å². The monoisotopic (exact) mass is 585 g/mol. The summed E-state index contributed by atoms with van der Waals surface area (Å²) in [6.45, 7) is 1.50. The number of nitrogens with zero attached hydrogens (tertiary/aromatic N) is 2. The number of phenols is 1. The van der Waals surface area contributed by atoms with Crippen LogP contribution in [-0.2, 0) is 20.8 Å². The fourth-order valence-electron chi connectivity index (χ4n) is 6.38. The summed E-state index contributed by atoms with van der Waals surface area (Å²) in [5, 5.41) is 50.4. The number of primary amides is 1. The van der Waals surface area contributed by atoms with Gasteiger partial charge in [-0.15, -0.1) is 0 Å². The zero-order valence-electron chi connectivity index (χ0n) is 23.9. The van der Waals surface area contributed by atoms with Crippen LogP contribution >= 0.6 is 0 Å². The standard InChI is InChI=1S/C28H35N5O9/c1-11(34)30-6-7-31-27(41)14-10-16(32(2)3)13-8-12-9-15-20(33(4)5)23(37)19(26(29)40)25(39)28(15,42)24(38)17(12)22(36)18(13)21(14)35/h10,12,15,20,35,37-38,42H,6-9H2,1-5H3,(H2,29,40)(H,30,34)(H,31,41)/t12-,15-,20-,28-/m0/s1. The lowest BCUT2D eigenvalue weighted by Crippen LogP contribution is -2.63. The number of likely N-dealkylation sites (N-methyl/N-ethyl adjacent to an activating group) is 1. The second-order valence-electron chi connectivity index (χ2n) is 11.2. The minimum atomic E-state index is -2.76. The molecule has 1 aromatic rings. The molecule has 8 N–H and O–H groups in total. The van der Waals surface area contributed by atoms with Gasteiger partial charge in [0.15, 0.2) is 11.4 Å². The number of aliphatic hydroxyl groups is 3. The molecule has 14 nitrogen and oxygen atoms in total. The Kier molecular flexibility index (Phi) is 7.82. The van der Waals surface area contributed by atoms with Crippen LogP contribution in [0.4, 0.5) is 5.69 Å². The Morgan fingerprint density at radius 2 is 1.69 bits per heavy atom. The fraction of sp³-hybridized carbons (Fsp3) is 0.464. The Balaban J connectivity index is 1.87. The van der Waals surface area contributed by atoms with Crippen molar-refractivity contribution in [3.05, 3.63) is 45.4 Å². The van der Waals surface area contributed by atoms with Crippen LogP contribution in [0, 0.1) is 11.8 Å². The molecule has 0 aliphatic heterocycles. The third-order valence-electron chi connectivity index (χ3n) is 8.21. The minimum absolute atomic E-state index is 0.0420. The summed E-state index contributed by atoms with van der Waals surface area (Å²) in [6.07, 6.45) is 0.0326. The van der Waals surface area contributed by atoms with E-state index in [9.17, 15) is 44.4 Å². The molecule has 3 aliphatic carbocycles. The number of nitrogens with two attached hydrogens (primary N) is 1. The Labute approximate surface area is 241 Å². The van der Waals surface area contributed by atoms with Crippen molar-refractivity contribution in [2.75, 3.05) is 46.2 Å². The zero-order valence-corrected chi connectivity index (χ0v) is 23.9.